The molecule has 6 heteroatoms. The monoisotopic (exact) mass is 495 g/mol. The molecule has 1 N–H and O–H groups in total. The predicted molar refractivity (Wildman–Crippen MR) is 143 cm³/mol. The maximum atomic E-state index is 12.6. The van der Waals surface area contributed by atoms with Gasteiger partial charge in [-0.3, -0.25) is 4.79 Å². The van der Waals surface area contributed by atoms with Crippen LogP contribution < -0.4 is 20.7 Å². The Bertz CT molecular complexity index is 1340. The minimum Gasteiger partial charge on any atom is -0.486 e. The molecular formula is C29H38ClN3O2. The second-order valence-corrected chi connectivity index (χ2v) is 11.7. The van der Waals surface area contributed by atoms with E-state index in [9.17, 15) is 4.79 Å². The third-order valence-electron chi connectivity index (χ3n) is 8.66. The number of benzene rings is 1. The Morgan fingerprint density at radius 3 is 2.54 bits per heavy atom. The molecule has 0 spiro atoms. The molecule has 0 radical (unpaired) electrons. The van der Waals surface area contributed by atoms with Crippen molar-refractivity contribution in [3.05, 3.63) is 59.8 Å². The molecule has 1 unspecified atom stereocenters. The summed E-state index contributed by atoms with van der Waals surface area (Å²) in [5.41, 5.74) is 4.84. The van der Waals surface area contributed by atoms with E-state index in [0.29, 0.717) is 18.5 Å². The van der Waals surface area contributed by atoms with Gasteiger partial charge in [0.2, 0.25) is 0 Å². The van der Waals surface area contributed by atoms with Crippen LogP contribution in [0.2, 0.25) is 5.02 Å². The number of ether oxygens (including phenoxy) is 1. The molecule has 0 bridgehead atoms. The largest absolute Gasteiger partial charge is 0.486 e. The van der Waals surface area contributed by atoms with Gasteiger partial charge in [0.05, 0.1) is 5.02 Å². The van der Waals surface area contributed by atoms with Crippen LogP contribution in [0.1, 0.15) is 60.6 Å². The Morgan fingerprint density at radius 2 is 1.89 bits per heavy atom. The lowest BCUT2D eigenvalue weighted by molar-refractivity contribution is 0.0158. The van der Waals surface area contributed by atoms with E-state index in [0.717, 1.165) is 56.6 Å². The van der Waals surface area contributed by atoms with Gasteiger partial charge in [0, 0.05) is 64.6 Å². The van der Waals surface area contributed by atoms with Gasteiger partial charge in [-0.15, -0.1) is 0 Å². The molecule has 188 valence electrons. The zero-order valence-electron chi connectivity index (χ0n) is 21.9. The van der Waals surface area contributed by atoms with Crippen LogP contribution in [0.5, 0.6) is 5.75 Å². The molecule has 2 aromatic rings. The smallest absolute Gasteiger partial charge is 0.253 e. The van der Waals surface area contributed by atoms with Gasteiger partial charge in [-0.05, 0) is 85.0 Å². The molecule has 0 amide bonds. The van der Waals surface area contributed by atoms with Crippen molar-refractivity contribution in [1.29, 1.82) is 0 Å². The molecule has 3 heterocycles. The van der Waals surface area contributed by atoms with Crippen molar-refractivity contribution in [2.45, 2.75) is 78.0 Å². The van der Waals surface area contributed by atoms with E-state index >= 15 is 0 Å². The predicted octanol–water partition coefficient (Wildman–Crippen LogP) is 3.80. The second kappa shape index (κ2) is 9.01. The fourth-order valence-electron chi connectivity index (χ4n) is 6.48. The van der Waals surface area contributed by atoms with Crippen LogP contribution in [0.15, 0.2) is 10.9 Å². The summed E-state index contributed by atoms with van der Waals surface area (Å²) in [6.07, 6.45) is 10.1. The molecule has 35 heavy (non-hydrogen) atoms. The standard InChI is InChI=1S/C29H38ClN3O2/c1-17-13-18(2)31-28(34)24(17)15-33-12-11-22-25(16-33)19(3)27-23(26(22)30)14-29(4,35-27)20-7-9-21(10-8-20)32(5)6/h11,13,16,20-21H,7-10,12,14-15H2,1-6H3,(H,31,34). The molecule has 5 rings (SSSR count). The molecule has 1 aliphatic carbocycles. The molecule has 3 aliphatic rings. The van der Waals surface area contributed by atoms with Gasteiger partial charge in [0.25, 0.3) is 5.56 Å². The average Bonchev–Trinajstić information content (AvgIpc) is 3.19. The quantitative estimate of drug-likeness (QED) is 0.701. The first-order valence-electron chi connectivity index (χ1n) is 12.9. The van der Waals surface area contributed by atoms with E-state index in [4.69, 9.17) is 16.3 Å². The minimum atomic E-state index is -0.204. The summed E-state index contributed by atoms with van der Waals surface area (Å²) in [5.74, 6) is 1.51. The van der Waals surface area contributed by atoms with Crippen molar-refractivity contribution in [2.75, 3.05) is 20.6 Å². The summed E-state index contributed by atoms with van der Waals surface area (Å²) in [5, 5.41) is 3.06. The van der Waals surface area contributed by atoms with Crippen molar-refractivity contribution in [3.63, 3.8) is 0 Å². The van der Waals surface area contributed by atoms with Gasteiger partial charge < -0.3 is 19.5 Å². The van der Waals surface area contributed by atoms with Crippen LogP contribution in [0.3, 0.4) is 0 Å². The number of H-pyrrole nitrogens is 1. The van der Waals surface area contributed by atoms with E-state index in [-0.39, 0.29) is 11.2 Å². The third kappa shape index (κ3) is 4.31. The van der Waals surface area contributed by atoms with Crippen molar-refractivity contribution in [1.82, 2.24) is 14.8 Å². The summed E-state index contributed by atoms with van der Waals surface area (Å²) in [6, 6.07) is 2.71. The van der Waals surface area contributed by atoms with Crippen LogP contribution in [-0.2, 0) is 13.0 Å². The van der Waals surface area contributed by atoms with E-state index < -0.39 is 0 Å². The Kier molecular flexibility index (Phi) is 6.29. The van der Waals surface area contributed by atoms with Gasteiger partial charge in [-0.2, -0.15) is 0 Å². The molecule has 1 fully saturated rings. The van der Waals surface area contributed by atoms with E-state index in [2.05, 4.69) is 55.0 Å². The Hall–Kier alpha value is -2.24. The van der Waals surface area contributed by atoms with Crippen molar-refractivity contribution >= 4 is 23.9 Å². The summed E-state index contributed by atoms with van der Waals surface area (Å²) in [4.78, 5) is 20.1. The molecule has 1 atom stereocenters. The topological polar surface area (TPSA) is 48.6 Å². The van der Waals surface area contributed by atoms with Gasteiger partial charge in [0.1, 0.15) is 11.4 Å². The maximum Gasteiger partial charge on any atom is 0.253 e. The van der Waals surface area contributed by atoms with Crippen LogP contribution in [0.4, 0.5) is 0 Å². The Balaban J connectivity index is 1.45. The lowest BCUT2D eigenvalue weighted by Crippen LogP contribution is -2.44. The normalized spacial score (nSPS) is 25.5. The molecule has 1 saturated carbocycles. The average molecular weight is 496 g/mol. The van der Waals surface area contributed by atoms with E-state index in [1.807, 2.05) is 19.9 Å². The Morgan fingerprint density at radius 1 is 1.17 bits per heavy atom. The van der Waals surface area contributed by atoms with Crippen molar-refractivity contribution in [2.24, 2.45) is 5.92 Å². The molecule has 1 aromatic carbocycles. The summed E-state index contributed by atoms with van der Waals surface area (Å²) in [6.45, 7) is 9.66. The van der Waals surface area contributed by atoms with Gasteiger partial charge >= 0.3 is 0 Å². The van der Waals surface area contributed by atoms with E-state index in [1.54, 1.807) is 0 Å². The number of hydrogen-bond acceptors (Lipinski definition) is 4. The highest BCUT2D eigenvalue weighted by Crippen LogP contribution is 2.46. The van der Waals surface area contributed by atoms with Crippen molar-refractivity contribution in [3.8, 4) is 5.75 Å². The first kappa shape index (κ1) is 24.5. The fourth-order valence-corrected chi connectivity index (χ4v) is 6.81. The zero-order chi connectivity index (χ0) is 25.1. The molecular weight excluding hydrogens is 458 g/mol. The summed E-state index contributed by atoms with van der Waals surface area (Å²) in [7, 11) is 4.38. The number of aromatic amines is 1. The SMILES string of the molecule is Cc1cc(C)c(CN2C=c3c(C)c4c(c(Cl)c3=CC2)CC(C)(C2CCC(N(C)C)CC2)O4)c(=O)[nH]1. The van der Waals surface area contributed by atoms with Crippen molar-refractivity contribution < 1.29 is 4.74 Å². The van der Waals surface area contributed by atoms with Gasteiger partial charge in [0.15, 0.2) is 0 Å². The van der Waals surface area contributed by atoms with Crippen LogP contribution in [0, 0.1) is 26.7 Å². The number of nitrogens with zero attached hydrogens (tertiary/aromatic N) is 2. The highest BCUT2D eigenvalue weighted by Gasteiger charge is 2.45. The minimum absolute atomic E-state index is 0.00603. The molecule has 2 aliphatic heterocycles. The molecule has 5 nitrogen and oxygen atoms in total. The zero-order valence-corrected chi connectivity index (χ0v) is 22.7. The maximum absolute atomic E-state index is 12.6. The first-order chi connectivity index (χ1) is 16.6. The number of nitrogens with one attached hydrogen (secondary N) is 1. The highest BCUT2D eigenvalue weighted by molar-refractivity contribution is 6.31. The Labute approximate surface area is 213 Å². The van der Waals surface area contributed by atoms with Gasteiger partial charge in [-0.1, -0.05) is 17.7 Å². The summed E-state index contributed by atoms with van der Waals surface area (Å²) < 4.78 is 6.81. The van der Waals surface area contributed by atoms with Crippen LogP contribution in [-0.4, -0.2) is 47.1 Å². The van der Waals surface area contributed by atoms with E-state index in [1.165, 1.54) is 31.2 Å². The second-order valence-electron chi connectivity index (χ2n) is 11.3. The third-order valence-corrected chi connectivity index (χ3v) is 9.09. The number of rotatable bonds is 4. The summed E-state index contributed by atoms with van der Waals surface area (Å²) >= 11 is 7.04. The fraction of sp³-hybridized carbons (Fsp3) is 0.552. The highest BCUT2D eigenvalue weighted by atomic mass is 35.5. The molecule has 1 aromatic heterocycles. The van der Waals surface area contributed by atoms with Gasteiger partial charge in [-0.25, -0.2) is 0 Å². The lowest BCUT2D eigenvalue weighted by Gasteiger charge is -2.40. The lowest BCUT2D eigenvalue weighted by atomic mass is 9.74. The number of pyridine rings is 1. The number of halogens is 1. The van der Waals surface area contributed by atoms with Crippen LogP contribution in [0.25, 0.3) is 12.3 Å². The number of hydrogen-bond donors (Lipinski definition) is 1. The molecule has 0 saturated heterocycles. The van der Waals surface area contributed by atoms with Crippen LogP contribution >= 0.6 is 11.6 Å². The number of fused-ring (bicyclic) bond motifs is 2. The number of aromatic nitrogens is 1. The number of aryl methyl sites for hydroxylation is 2. The first-order valence-corrected chi connectivity index (χ1v) is 13.3.